The van der Waals surface area contributed by atoms with E-state index < -0.39 is 0 Å². The first-order chi connectivity index (χ1) is 10.5. The summed E-state index contributed by atoms with van der Waals surface area (Å²) in [6.07, 6.45) is 1.74. The number of benzene rings is 1. The minimum absolute atomic E-state index is 0.342. The third-order valence-electron chi connectivity index (χ3n) is 4.16. The first-order valence-corrected chi connectivity index (χ1v) is 8.57. The van der Waals surface area contributed by atoms with Crippen molar-refractivity contribution in [1.29, 1.82) is 0 Å². The van der Waals surface area contributed by atoms with Crippen molar-refractivity contribution in [1.82, 2.24) is 4.90 Å². The SMILES string of the molecule is Cc1ccc(C(C)C)c(OCCCN2C[C@@H](C)O[C@@H](C)C2)c1. The standard InChI is InChI=1S/C19H31NO2/c1-14(2)18-8-7-15(3)11-19(18)21-10-6-9-20-12-16(4)22-17(5)13-20/h7-8,11,14,16-17H,6,9-10,12-13H2,1-5H3/t16-,17+. The number of aryl methyl sites for hydroxylation is 1. The average molecular weight is 305 g/mol. The zero-order chi connectivity index (χ0) is 16.1. The molecule has 1 heterocycles. The van der Waals surface area contributed by atoms with Crippen molar-refractivity contribution in [3.63, 3.8) is 0 Å². The van der Waals surface area contributed by atoms with Crippen LogP contribution in [-0.4, -0.2) is 43.3 Å². The van der Waals surface area contributed by atoms with E-state index in [0.29, 0.717) is 18.1 Å². The third kappa shape index (κ3) is 4.99. The largest absolute Gasteiger partial charge is 0.493 e. The lowest BCUT2D eigenvalue weighted by atomic mass is 10.0. The molecule has 22 heavy (non-hydrogen) atoms. The highest BCUT2D eigenvalue weighted by Crippen LogP contribution is 2.27. The average Bonchev–Trinajstić information content (AvgIpc) is 2.42. The van der Waals surface area contributed by atoms with Gasteiger partial charge in [-0.15, -0.1) is 0 Å². The smallest absolute Gasteiger partial charge is 0.122 e. The number of hydrogen-bond acceptors (Lipinski definition) is 3. The Labute approximate surface area is 135 Å². The molecular formula is C19H31NO2. The van der Waals surface area contributed by atoms with Gasteiger partial charge in [0, 0.05) is 19.6 Å². The molecule has 0 unspecified atom stereocenters. The maximum absolute atomic E-state index is 6.07. The van der Waals surface area contributed by atoms with E-state index in [0.717, 1.165) is 38.4 Å². The molecule has 1 fully saturated rings. The van der Waals surface area contributed by atoms with E-state index in [2.05, 4.69) is 57.7 Å². The second-order valence-corrected chi connectivity index (χ2v) is 6.91. The summed E-state index contributed by atoms with van der Waals surface area (Å²) in [6.45, 7) is 14.8. The molecule has 0 amide bonds. The molecular weight excluding hydrogens is 274 g/mol. The van der Waals surface area contributed by atoms with Crippen LogP contribution in [0.3, 0.4) is 0 Å². The Morgan fingerprint density at radius 3 is 2.55 bits per heavy atom. The first kappa shape index (κ1) is 17.3. The molecule has 1 aromatic rings. The molecule has 1 aliphatic heterocycles. The zero-order valence-corrected chi connectivity index (χ0v) is 14.8. The summed E-state index contributed by atoms with van der Waals surface area (Å²) < 4.78 is 11.8. The van der Waals surface area contributed by atoms with Crippen molar-refractivity contribution in [3.05, 3.63) is 29.3 Å². The number of nitrogens with zero attached hydrogens (tertiary/aromatic N) is 1. The van der Waals surface area contributed by atoms with Crippen LogP contribution in [0.2, 0.25) is 0 Å². The molecule has 0 N–H and O–H groups in total. The summed E-state index contributed by atoms with van der Waals surface area (Å²) in [5, 5.41) is 0. The molecule has 2 rings (SSSR count). The summed E-state index contributed by atoms with van der Waals surface area (Å²) in [4.78, 5) is 2.49. The van der Waals surface area contributed by atoms with Crippen LogP contribution in [0, 0.1) is 6.92 Å². The molecule has 0 saturated carbocycles. The maximum atomic E-state index is 6.07. The molecule has 3 heteroatoms. The van der Waals surface area contributed by atoms with Gasteiger partial charge in [0.1, 0.15) is 5.75 Å². The van der Waals surface area contributed by atoms with Gasteiger partial charge in [-0.2, -0.15) is 0 Å². The number of hydrogen-bond donors (Lipinski definition) is 0. The fraction of sp³-hybridized carbons (Fsp3) is 0.684. The van der Waals surface area contributed by atoms with Crippen LogP contribution < -0.4 is 4.74 Å². The summed E-state index contributed by atoms with van der Waals surface area (Å²) in [5.74, 6) is 1.55. The molecule has 3 nitrogen and oxygen atoms in total. The number of morpholine rings is 1. The van der Waals surface area contributed by atoms with Crippen molar-refractivity contribution in [2.45, 2.75) is 59.2 Å². The Balaban J connectivity index is 1.80. The Kier molecular flexibility index (Phi) is 6.27. The molecule has 0 aromatic heterocycles. The second-order valence-electron chi connectivity index (χ2n) is 6.91. The van der Waals surface area contributed by atoms with Crippen molar-refractivity contribution in [3.8, 4) is 5.75 Å². The predicted molar refractivity (Wildman–Crippen MR) is 91.8 cm³/mol. The lowest BCUT2D eigenvalue weighted by molar-refractivity contribution is -0.0686. The highest BCUT2D eigenvalue weighted by Gasteiger charge is 2.21. The summed E-state index contributed by atoms with van der Waals surface area (Å²) in [5.41, 5.74) is 2.56. The minimum atomic E-state index is 0.342. The van der Waals surface area contributed by atoms with E-state index in [1.54, 1.807) is 0 Å². The van der Waals surface area contributed by atoms with Crippen LogP contribution >= 0.6 is 0 Å². The number of rotatable bonds is 6. The zero-order valence-electron chi connectivity index (χ0n) is 14.8. The number of ether oxygens (including phenoxy) is 2. The summed E-state index contributed by atoms with van der Waals surface area (Å²) in [7, 11) is 0. The van der Waals surface area contributed by atoms with Gasteiger partial charge in [-0.1, -0.05) is 26.0 Å². The van der Waals surface area contributed by atoms with E-state index in [1.807, 2.05) is 0 Å². The fourth-order valence-electron chi connectivity index (χ4n) is 3.18. The van der Waals surface area contributed by atoms with Crippen molar-refractivity contribution in [2.24, 2.45) is 0 Å². The van der Waals surface area contributed by atoms with Crippen LogP contribution in [-0.2, 0) is 4.74 Å². The fourth-order valence-corrected chi connectivity index (χ4v) is 3.18. The molecule has 2 atom stereocenters. The molecule has 1 aromatic carbocycles. The molecule has 1 saturated heterocycles. The maximum Gasteiger partial charge on any atom is 0.122 e. The minimum Gasteiger partial charge on any atom is -0.493 e. The van der Waals surface area contributed by atoms with Crippen LogP contribution in [0.1, 0.15) is 51.2 Å². The Hall–Kier alpha value is -1.06. The van der Waals surface area contributed by atoms with Gasteiger partial charge in [0.25, 0.3) is 0 Å². The Morgan fingerprint density at radius 1 is 1.23 bits per heavy atom. The van der Waals surface area contributed by atoms with Gasteiger partial charge in [-0.25, -0.2) is 0 Å². The molecule has 1 aliphatic rings. The van der Waals surface area contributed by atoms with Gasteiger partial charge in [-0.3, -0.25) is 4.90 Å². The van der Waals surface area contributed by atoms with Gasteiger partial charge in [-0.05, 0) is 50.3 Å². The lowest BCUT2D eigenvalue weighted by Crippen LogP contribution is -2.45. The van der Waals surface area contributed by atoms with E-state index in [4.69, 9.17) is 9.47 Å². The lowest BCUT2D eigenvalue weighted by Gasteiger charge is -2.35. The summed E-state index contributed by atoms with van der Waals surface area (Å²) >= 11 is 0. The second kappa shape index (κ2) is 7.98. The van der Waals surface area contributed by atoms with Crippen molar-refractivity contribution < 1.29 is 9.47 Å². The quantitative estimate of drug-likeness (QED) is 0.742. The van der Waals surface area contributed by atoms with Gasteiger partial charge in [0.15, 0.2) is 0 Å². The third-order valence-corrected chi connectivity index (χ3v) is 4.16. The van der Waals surface area contributed by atoms with E-state index in [-0.39, 0.29) is 0 Å². The van der Waals surface area contributed by atoms with Gasteiger partial charge in [0.2, 0.25) is 0 Å². The Bertz CT molecular complexity index is 463. The highest BCUT2D eigenvalue weighted by molar-refractivity contribution is 5.39. The molecule has 0 bridgehead atoms. The van der Waals surface area contributed by atoms with Crippen LogP contribution in [0.15, 0.2) is 18.2 Å². The van der Waals surface area contributed by atoms with Gasteiger partial charge >= 0.3 is 0 Å². The van der Waals surface area contributed by atoms with Crippen LogP contribution in [0.25, 0.3) is 0 Å². The van der Waals surface area contributed by atoms with Gasteiger partial charge < -0.3 is 9.47 Å². The molecule has 124 valence electrons. The molecule has 0 radical (unpaired) electrons. The van der Waals surface area contributed by atoms with E-state index in [1.165, 1.54) is 11.1 Å². The van der Waals surface area contributed by atoms with Gasteiger partial charge in [0.05, 0.1) is 18.8 Å². The van der Waals surface area contributed by atoms with Crippen molar-refractivity contribution in [2.75, 3.05) is 26.2 Å². The molecule has 0 aliphatic carbocycles. The van der Waals surface area contributed by atoms with E-state index >= 15 is 0 Å². The Morgan fingerprint density at radius 2 is 1.91 bits per heavy atom. The first-order valence-electron chi connectivity index (χ1n) is 8.57. The monoisotopic (exact) mass is 305 g/mol. The highest BCUT2D eigenvalue weighted by atomic mass is 16.5. The molecule has 0 spiro atoms. The van der Waals surface area contributed by atoms with Crippen LogP contribution in [0.4, 0.5) is 0 Å². The predicted octanol–water partition coefficient (Wildman–Crippen LogP) is 4.00. The summed E-state index contributed by atoms with van der Waals surface area (Å²) in [6, 6.07) is 6.52. The topological polar surface area (TPSA) is 21.7 Å². The van der Waals surface area contributed by atoms with Crippen molar-refractivity contribution >= 4 is 0 Å². The van der Waals surface area contributed by atoms with Crippen LogP contribution in [0.5, 0.6) is 5.75 Å². The van der Waals surface area contributed by atoms with E-state index in [9.17, 15) is 0 Å². The normalized spacial score (nSPS) is 23.0.